The molecule has 0 saturated heterocycles. The molecule has 5 nitrogen and oxygen atoms in total. The second-order valence-electron chi connectivity index (χ2n) is 5.16. The zero-order valence-corrected chi connectivity index (χ0v) is 10.8. The van der Waals surface area contributed by atoms with E-state index in [4.69, 9.17) is 5.26 Å². The lowest BCUT2D eigenvalue weighted by atomic mass is 9.63. The van der Waals surface area contributed by atoms with E-state index in [9.17, 15) is 4.79 Å². The lowest BCUT2D eigenvalue weighted by molar-refractivity contribution is -0.133. The van der Waals surface area contributed by atoms with Gasteiger partial charge < -0.3 is 5.32 Å². The van der Waals surface area contributed by atoms with Crippen molar-refractivity contribution < 1.29 is 4.79 Å². The highest BCUT2D eigenvalue weighted by molar-refractivity contribution is 5.86. The van der Waals surface area contributed by atoms with E-state index in [0.29, 0.717) is 25.3 Å². The molecule has 5 heteroatoms. The van der Waals surface area contributed by atoms with Gasteiger partial charge in [-0.05, 0) is 24.8 Å². The third-order valence-corrected chi connectivity index (χ3v) is 3.63. The number of amides is 1. The van der Waals surface area contributed by atoms with E-state index >= 15 is 0 Å². The van der Waals surface area contributed by atoms with Gasteiger partial charge in [0.25, 0.3) is 0 Å². The molecule has 1 N–H and O–H groups in total. The van der Waals surface area contributed by atoms with E-state index in [0.717, 1.165) is 12.1 Å². The van der Waals surface area contributed by atoms with Gasteiger partial charge in [0.1, 0.15) is 5.41 Å². The Balaban J connectivity index is 1.82. The molecule has 18 heavy (non-hydrogen) atoms. The summed E-state index contributed by atoms with van der Waals surface area (Å²) in [4.78, 5) is 12.0. The second-order valence-corrected chi connectivity index (χ2v) is 5.16. The molecule has 0 radical (unpaired) electrons. The van der Waals surface area contributed by atoms with E-state index in [2.05, 4.69) is 23.4 Å². The van der Waals surface area contributed by atoms with E-state index in [1.54, 1.807) is 10.9 Å². The lowest BCUT2D eigenvalue weighted by Gasteiger charge is -2.39. The highest BCUT2D eigenvalue weighted by Gasteiger charge is 2.48. The van der Waals surface area contributed by atoms with Crippen LogP contribution in [0.3, 0.4) is 0 Å². The SMILES string of the molecule is CC1CC(C#N)(C(=O)NCCc2ccnn2C)C1. The predicted octanol–water partition coefficient (Wildman–Crippen LogP) is 1.02. The minimum Gasteiger partial charge on any atom is -0.354 e. The van der Waals surface area contributed by atoms with Crippen molar-refractivity contribution in [2.24, 2.45) is 18.4 Å². The number of carbonyl (C=O) groups excluding carboxylic acids is 1. The number of nitrogens with one attached hydrogen (secondary N) is 1. The Morgan fingerprint density at radius 3 is 2.94 bits per heavy atom. The molecule has 0 atom stereocenters. The number of aromatic nitrogens is 2. The van der Waals surface area contributed by atoms with Crippen molar-refractivity contribution in [1.82, 2.24) is 15.1 Å². The zero-order valence-electron chi connectivity index (χ0n) is 10.8. The number of hydrogen-bond acceptors (Lipinski definition) is 3. The number of nitriles is 1. The molecule has 1 aromatic rings. The molecule has 1 aliphatic rings. The summed E-state index contributed by atoms with van der Waals surface area (Å²) in [7, 11) is 1.88. The number of nitrogens with zero attached hydrogens (tertiary/aromatic N) is 3. The molecular weight excluding hydrogens is 228 g/mol. The van der Waals surface area contributed by atoms with Crippen LogP contribution in [-0.4, -0.2) is 22.2 Å². The van der Waals surface area contributed by atoms with Crippen molar-refractivity contribution >= 4 is 5.91 Å². The maximum atomic E-state index is 12.0. The fourth-order valence-electron chi connectivity index (χ4n) is 2.58. The smallest absolute Gasteiger partial charge is 0.240 e. The molecule has 1 aliphatic carbocycles. The quantitative estimate of drug-likeness (QED) is 0.862. The Labute approximate surface area is 107 Å². The van der Waals surface area contributed by atoms with Crippen LogP contribution in [0.5, 0.6) is 0 Å². The number of hydrogen-bond donors (Lipinski definition) is 1. The van der Waals surface area contributed by atoms with E-state index in [1.165, 1.54) is 0 Å². The predicted molar refractivity (Wildman–Crippen MR) is 66.4 cm³/mol. The van der Waals surface area contributed by atoms with Gasteiger partial charge >= 0.3 is 0 Å². The monoisotopic (exact) mass is 246 g/mol. The van der Waals surface area contributed by atoms with Gasteiger partial charge in [0.15, 0.2) is 0 Å². The first-order valence-corrected chi connectivity index (χ1v) is 6.24. The molecular formula is C13H18N4O. The highest BCUT2D eigenvalue weighted by Crippen LogP contribution is 2.44. The Morgan fingerprint density at radius 1 is 1.72 bits per heavy atom. The van der Waals surface area contributed by atoms with Crippen molar-refractivity contribution in [3.05, 3.63) is 18.0 Å². The second kappa shape index (κ2) is 4.81. The summed E-state index contributed by atoms with van der Waals surface area (Å²) in [6.07, 6.45) is 3.84. The van der Waals surface area contributed by atoms with Gasteiger partial charge in [-0.2, -0.15) is 10.4 Å². The summed E-state index contributed by atoms with van der Waals surface area (Å²) in [5, 5.41) is 16.1. The third-order valence-electron chi connectivity index (χ3n) is 3.63. The van der Waals surface area contributed by atoms with Crippen LogP contribution in [-0.2, 0) is 18.3 Å². The number of carbonyl (C=O) groups is 1. The maximum absolute atomic E-state index is 12.0. The fraction of sp³-hybridized carbons (Fsp3) is 0.615. The van der Waals surface area contributed by atoms with Crippen LogP contribution in [0, 0.1) is 22.7 Å². The summed E-state index contributed by atoms with van der Waals surface area (Å²) in [5.41, 5.74) is 0.301. The van der Waals surface area contributed by atoms with Gasteiger partial charge in [-0.25, -0.2) is 0 Å². The Morgan fingerprint density at radius 2 is 2.44 bits per heavy atom. The van der Waals surface area contributed by atoms with Crippen molar-refractivity contribution in [3.8, 4) is 6.07 Å². The minimum atomic E-state index is -0.772. The number of aryl methyl sites for hydroxylation is 1. The summed E-state index contributed by atoms with van der Waals surface area (Å²) in [6.45, 7) is 2.62. The molecule has 0 bridgehead atoms. The van der Waals surface area contributed by atoms with Crippen LogP contribution >= 0.6 is 0 Å². The van der Waals surface area contributed by atoms with Crippen LogP contribution in [0.2, 0.25) is 0 Å². The fourth-order valence-corrected chi connectivity index (χ4v) is 2.58. The van der Waals surface area contributed by atoms with Gasteiger partial charge in [0.2, 0.25) is 5.91 Å². The van der Waals surface area contributed by atoms with E-state index < -0.39 is 5.41 Å². The topological polar surface area (TPSA) is 70.7 Å². The zero-order chi connectivity index (χ0) is 13.2. The Kier molecular flexibility index (Phi) is 3.37. The van der Waals surface area contributed by atoms with Crippen LogP contribution in [0.4, 0.5) is 0 Å². The summed E-state index contributed by atoms with van der Waals surface area (Å²) in [6, 6.07) is 4.10. The number of rotatable bonds is 4. The van der Waals surface area contributed by atoms with Crippen LogP contribution in [0.25, 0.3) is 0 Å². The minimum absolute atomic E-state index is 0.120. The summed E-state index contributed by atoms with van der Waals surface area (Å²) >= 11 is 0. The maximum Gasteiger partial charge on any atom is 0.240 e. The first kappa shape index (κ1) is 12.6. The van der Waals surface area contributed by atoms with Crippen LogP contribution in [0.1, 0.15) is 25.5 Å². The first-order chi connectivity index (χ1) is 8.57. The Hall–Kier alpha value is -1.83. The van der Waals surface area contributed by atoms with Gasteiger partial charge in [-0.15, -0.1) is 0 Å². The molecule has 0 unspecified atom stereocenters. The normalized spacial score (nSPS) is 26.2. The third kappa shape index (κ3) is 2.23. The van der Waals surface area contributed by atoms with Gasteiger partial charge in [-0.1, -0.05) is 6.92 Å². The molecule has 0 aromatic carbocycles. The largest absolute Gasteiger partial charge is 0.354 e. The van der Waals surface area contributed by atoms with Crippen LogP contribution in [0.15, 0.2) is 12.3 Å². The van der Waals surface area contributed by atoms with Gasteiger partial charge in [-0.3, -0.25) is 9.48 Å². The van der Waals surface area contributed by atoms with E-state index in [1.807, 2.05) is 13.1 Å². The van der Waals surface area contributed by atoms with Crippen molar-refractivity contribution in [3.63, 3.8) is 0 Å². The molecule has 1 fully saturated rings. The average molecular weight is 246 g/mol. The average Bonchev–Trinajstić information content (AvgIpc) is 2.70. The van der Waals surface area contributed by atoms with Gasteiger partial charge in [0, 0.05) is 31.9 Å². The lowest BCUT2D eigenvalue weighted by Crippen LogP contribution is -2.48. The molecule has 0 aliphatic heterocycles. The molecule has 2 rings (SSSR count). The Bertz CT molecular complexity index is 479. The van der Waals surface area contributed by atoms with E-state index in [-0.39, 0.29) is 5.91 Å². The molecule has 1 heterocycles. The molecule has 1 aromatic heterocycles. The van der Waals surface area contributed by atoms with Crippen molar-refractivity contribution in [1.29, 1.82) is 5.26 Å². The highest BCUT2D eigenvalue weighted by atomic mass is 16.2. The summed E-state index contributed by atoms with van der Waals surface area (Å²) < 4.78 is 1.79. The van der Waals surface area contributed by atoms with Crippen LogP contribution < -0.4 is 5.32 Å². The van der Waals surface area contributed by atoms with Gasteiger partial charge in [0.05, 0.1) is 6.07 Å². The van der Waals surface area contributed by atoms with Crippen molar-refractivity contribution in [2.75, 3.05) is 6.54 Å². The standard InChI is InChI=1S/C13H18N4O/c1-10-7-13(8-10,9-14)12(18)15-5-3-11-4-6-16-17(11)2/h4,6,10H,3,5,7-8H2,1-2H3,(H,15,18). The van der Waals surface area contributed by atoms with Crippen molar-refractivity contribution in [2.45, 2.75) is 26.2 Å². The summed E-state index contributed by atoms with van der Waals surface area (Å²) in [5.74, 6) is 0.359. The molecule has 0 spiro atoms. The molecule has 1 amide bonds. The molecule has 96 valence electrons. The first-order valence-electron chi connectivity index (χ1n) is 6.24. The molecule has 1 saturated carbocycles.